The van der Waals surface area contributed by atoms with E-state index in [2.05, 4.69) is 118 Å². The molecule has 0 saturated heterocycles. The van der Waals surface area contributed by atoms with Crippen LogP contribution in [0.3, 0.4) is 0 Å². The van der Waals surface area contributed by atoms with E-state index in [0.717, 1.165) is 47.8 Å². The molecule has 0 unspecified atom stereocenters. The summed E-state index contributed by atoms with van der Waals surface area (Å²) in [6.45, 7) is 31.9. The van der Waals surface area contributed by atoms with Crippen molar-refractivity contribution in [3.05, 3.63) is 77.8 Å². The molecule has 0 atom stereocenters. The van der Waals surface area contributed by atoms with Gasteiger partial charge in [-0.1, -0.05) is 155 Å². The van der Waals surface area contributed by atoms with Crippen LogP contribution in [0.2, 0.25) is 18.1 Å². The fourth-order valence-electron chi connectivity index (χ4n) is 9.22. The van der Waals surface area contributed by atoms with Crippen molar-refractivity contribution in [3.63, 3.8) is 0 Å². The molecule has 0 amide bonds. The van der Waals surface area contributed by atoms with Gasteiger partial charge in [-0.3, -0.25) is 9.78 Å². The van der Waals surface area contributed by atoms with E-state index in [9.17, 15) is 9.90 Å². The summed E-state index contributed by atoms with van der Waals surface area (Å²) >= 11 is 1.89. The Morgan fingerprint density at radius 1 is 0.807 bits per heavy atom. The van der Waals surface area contributed by atoms with E-state index in [-0.39, 0.29) is 48.9 Å². The van der Waals surface area contributed by atoms with Crippen LogP contribution in [-0.2, 0) is 30.3 Å². The molecular formula is C50H71IrN2O2SSi-. The predicted octanol–water partition coefficient (Wildman–Crippen LogP) is 14.6. The molecule has 7 heteroatoms. The number of benzene rings is 3. The molecule has 57 heavy (non-hydrogen) atoms. The molecule has 0 spiro atoms. The van der Waals surface area contributed by atoms with Crippen molar-refractivity contribution in [2.24, 2.45) is 29.6 Å². The molecule has 0 aliphatic heterocycles. The van der Waals surface area contributed by atoms with Gasteiger partial charge >= 0.3 is 0 Å². The molecule has 3 aromatic carbocycles. The molecule has 0 aliphatic rings. The summed E-state index contributed by atoms with van der Waals surface area (Å²) in [5, 5.41) is 15.1. The second-order valence-corrected chi connectivity index (χ2v) is 23.9. The normalized spacial score (nSPS) is 12.7. The van der Waals surface area contributed by atoms with Gasteiger partial charge in [0.1, 0.15) is 6.33 Å². The molecule has 313 valence electrons. The summed E-state index contributed by atoms with van der Waals surface area (Å²) in [5.74, 6) is 2.66. The number of fused-ring (bicyclic) bond motifs is 4. The number of carbonyl (C=O) groups is 1. The molecular weight excluding hydrogens is 913 g/mol. The second kappa shape index (κ2) is 21.0. The topological polar surface area (TPSA) is 63.1 Å². The van der Waals surface area contributed by atoms with Gasteiger partial charge < -0.3 is 5.11 Å². The largest absolute Gasteiger partial charge is 0.512 e. The van der Waals surface area contributed by atoms with Crippen LogP contribution in [-0.4, -0.2) is 28.9 Å². The number of nitrogens with zero attached hydrogens (tertiary/aromatic N) is 2. The first-order valence-corrected chi connectivity index (χ1v) is 24.9. The van der Waals surface area contributed by atoms with Crippen LogP contribution in [0.25, 0.3) is 42.3 Å². The molecule has 0 fully saturated rings. The number of aliphatic hydroxyl groups excluding tert-OH is 1. The predicted molar refractivity (Wildman–Crippen MR) is 248 cm³/mol. The Hall–Kier alpha value is -2.70. The minimum atomic E-state index is -1.74. The summed E-state index contributed by atoms with van der Waals surface area (Å²) in [5.41, 5.74) is 5.98. The van der Waals surface area contributed by atoms with Crippen molar-refractivity contribution in [1.82, 2.24) is 9.97 Å². The third-order valence-electron chi connectivity index (χ3n) is 11.6. The Kier molecular flexibility index (Phi) is 17.9. The zero-order chi connectivity index (χ0) is 41.5. The number of aryl methyl sites for hydroxylation is 1. The van der Waals surface area contributed by atoms with Crippen LogP contribution in [0.15, 0.2) is 60.6 Å². The molecule has 0 aliphatic carbocycles. The van der Waals surface area contributed by atoms with E-state index in [1.807, 2.05) is 39.0 Å². The molecule has 4 nitrogen and oxygen atoms in total. The number of carbonyl (C=O) groups excluding carboxylic acids is 1. The van der Waals surface area contributed by atoms with E-state index >= 15 is 0 Å². The van der Waals surface area contributed by atoms with Gasteiger partial charge in [-0.2, -0.15) is 0 Å². The molecule has 1 radical (unpaired) electrons. The number of rotatable bonds is 15. The van der Waals surface area contributed by atoms with Crippen molar-refractivity contribution in [3.8, 4) is 11.3 Å². The number of thiophene rings is 1. The van der Waals surface area contributed by atoms with Crippen molar-refractivity contribution in [2.45, 2.75) is 146 Å². The minimum Gasteiger partial charge on any atom is -0.512 e. The van der Waals surface area contributed by atoms with Crippen LogP contribution in [0, 0.1) is 42.6 Å². The van der Waals surface area contributed by atoms with Crippen molar-refractivity contribution in [2.75, 3.05) is 0 Å². The molecule has 2 heterocycles. The third kappa shape index (κ3) is 11.5. The van der Waals surface area contributed by atoms with Gasteiger partial charge in [0.2, 0.25) is 0 Å². The van der Waals surface area contributed by atoms with Crippen LogP contribution >= 0.6 is 11.3 Å². The van der Waals surface area contributed by atoms with Gasteiger partial charge in [0.25, 0.3) is 0 Å². The van der Waals surface area contributed by atoms with Crippen molar-refractivity contribution < 1.29 is 30.0 Å². The molecule has 1 N–H and O–H groups in total. The SMILES string of the molecule is CCC(CC)C(=O)/C=C(\O)C(CC)CC.Cc1c([Si](CC(C)C)(CC(C)C)CC(C)C)ccc2c1sc1c(-c3[c-]c4ccccc4c(C(C)(C)C)c3)ncnc12.[Ir]. The Morgan fingerprint density at radius 3 is 1.89 bits per heavy atom. The maximum atomic E-state index is 11.7. The summed E-state index contributed by atoms with van der Waals surface area (Å²) in [4.78, 5) is 21.5. The van der Waals surface area contributed by atoms with Gasteiger partial charge in [0, 0.05) is 58.5 Å². The Bertz CT molecular complexity index is 2090. The third-order valence-corrected chi connectivity index (χ3v) is 19.4. The number of hydrogen-bond acceptors (Lipinski definition) is 5. The second-order valence-electron chi connectivity index (χ2n) is 18.6. The van der Waals surface area contributed by atoms with E-state index in [1.165, 1.54) is 55.5 Å². The van der Waals surface area contributed by atoms with Crippen LogP contribution in [0.4, 0.5) is 0 Å². The standard InChI is InChI=1S/C37H47N2SSi.C13H24O2.Ir/c1-23(2)19-41(20-24(3)4,21-25(5)6)32-16-15-30-34-36(40-35(30)26(32)7)33(38-22-39-34)28-17-27-13-11-12-14-29(27)31(18-28)37(8,9)10;1-5-10(6-2)12(14)9-13(15)11(7-3)8-4;/h11-16,18,22-25H,19-21H2,1-10H3;9-11,14H,5-8H2,1-4H3;/q-1;;/b;12-9-;. The first-order valence-electron chi connectivity index (χ1n) is 21.5. The number of ketones is 1. The van der Waals surface area contributed by atoms with E-state index in [4.69, 9.17) is 9.97 Å². The van der Waals surface area contributed by atoms with Gasteiger partial charge in [-0.15, -0.1) is 40.5 Å². The molecule has 2 aromatic heterocycles. The van der Waals surface area contributed by atoms with E-state index in [1.54, 1.807) is 11.5 Å². The summed E-state index contributed by atoms with van der Waals surface area (Å²) in [6.07, 6.45) is 6.66. The average molecular weight is 984 g/mol. The van der Waals surface area contributed by atoms with Crippen LogP contribution < -0.4 is 5.19 Å². The Balaban J connectivity index is 0.000000464. The molecule has 5 aromatic rings. The number of allylic oxidation sites excluding steroid dienone is 2. The zero-order valence-corrected chi connectivity index (χ0v) is 41.7. The smallest absolute Gasteiger partial charge is 0.162 e. The van der Waals surface area contributed by atoms with Crippen molar-refractivity contribution in [1.29, 1.82) is 0 Å². The maximum absolute atomic E-state index is 11.7. The van der Waals surface area contributed by atoms with Gasteiger partial charge in [0.05, 0.1) is 19.3 Å². The summed E-state index contributed by atoms with van der Waals surface area (Å²) in [7, 11) is -1.74. The molecule has 5 rings (SSSR count). The quantitative estimate of drug-likeness (QED) is 0.0491. The number of aliphatic hydroxyl groups is 1. The van der Waals surface area contributed by atoms with Gasteiger partial charge in [-0.05, 0) is 61.3 Å². The van der Waals surface area contributed by atoms with Crippen molar-refractivity contribution >= 4 is 61.5 Å². The number of aromatic nitrogens is 2. The minimum absolute atomic E-state index is 0. The van der Waals surface area contributed by atoms with E-state index in [0.29, 0.717) is 17.8 Å². The Morgan fingerprint density at radius 2 is 1.37 bits per heavy atom. The fourth-order valence-corrected chi connectivity index (χ4v) is 17.8. The first kappa shape index (κ1) is 48.7. The van der Waals surface area contributed by atoms with Crippen LogP contribution in [0.1, 0.15) is 127 Å². The summed E-state index contributed by atoms with van der Waals surface area (Å²) < 4.78 is 2.57. The molecule has 0 saturated carbocycles. The maximum Gasteiger partial charge on any atom is 0.162 e. The van der Waals surface area contributed by atoms with Crippen LogP contribution in [0.5, 0.6) is 0 Å². The average Bonchev–Trinajstić information content (AvgIpc) is 3.51. The zero-order valence-electron chi connectivity index (χ0n) is 37.5. The summed E-state index contributed by atoms with van der Waals surface area (Å²) in [6, 6.07) is 23.6. The number of hydrogen-bond donors (Lipinski definition) is 1. The molecule has 0 bridgehead atoms. The fraction of sp³-hybridized carbons (Fsp3) is 0.540. The van der Waals surface area contributed by atoms with Gasteiger partial charge in [-0.25, -0.2) is 4.98 Å². The van der Waals surface area contributed by atoms with Gasteiger partial charge in [0.15, 0.2) is 5.78 Å². The first-order chi connectivity index (χ1) is 26.4. The monoisotopic (exact) mass is 984 g/mol. The Labute approximate surface area is 364 Å². The van der Waals surface area contributed by atoms with E-state index < -0.39 is 8.07 Å².